The van der Waals surface area contributed by atoms with E-state index in [4.69, 9.17) is 11.0 Å². The van der Waals surface area contributed by atoms with Crippen molar-refractivity contribution in [1.82, 2.24) is 4.98 Å². The van der Waals surface area contributed by atoms with Crippen molar-refractivity contribution in [3.8, 4) is 6.19 Å². The van der Waals surface area contributed by atoms with Gasteiger partial charge in [0.05, 0.1) is 11.9 Å². The molecule has 5 nitrogen and oxygen atoms in total. The summed E-state index contributed by atoms with van der Waals surface area (Å²) in [5.41, 5.74) is 6.72. The van der Waals surface area contributed by atoms with E-state index in [1.165, 1.54) is 0 Å². The molecule has 0 atom stereocenters. The molecular formula is C14H21N5. The molecule has 1 rings (SSSR count). The van der Waals surface area contributed by atoms with E-state index in [9.17, 15) is 0 Å². The van der Waals surface area contributed by atoms with Gasteiger partial charge in [-0.05, 0) is 31.4 Å². The molecule has 2 N–H and O–H groups in total. The molecule has 0 aliphatic carbocycles. The lowest BCUT2D eigenvalue weighted by Crippen LogP contribution is -2.54. The second-order valence-corrected chi connectivity index (χ2v) is 4.40. The normalized spacial score (nSPS) is 12.0. The molecule has 102 valence electrons. The number of pyridine rings is 1. The Morgan fingerprint density at radius 1 is 1.42 bits per heavy atom. The summed E-state index contributed by atoms with van der Waals surface area (Å²) in [5, 5.41) is 8.76. The number of aliphatic imine (C=N–C) groups is 1. The van der Waals surface area contributed by atoms with Gasteiger partial charge in [-0.3, -0.25) is 4.98 Å². The fourth-order valence-electron chi connectivity index (χ4n) is 2.46. The summed E-state index contributed by atoms with van der Waals surface area (Å²) in [4.78, 5) is 9.77. The standard InChI is InChI=1S/C14H21N5/c1-4-14(5-2,6-3)19(13(16)18-11-15)12-8-7-9-17-10-12/h7-10H,4-6H2,1-3H3,(H2,16,18). The Hall–Kier alpha value is -2.09. The average molecular weight is 259 g/mol. The minimum Gasteiger partial charge on any atom is -0.369 e. The Labute approximate surface area is 114 Å². The number of guanidine groups is 1. The number of aromatic nitrogens is 1. The number of nitrogens with two attached hydrogens (primary N) is 1. The van der Waals surface area contributed by atoms with Crippen molar-refractivity contribution in [2.75, 3.05) is 4.90 Å². The molecule has 1 aromatic heterocycles. The van der Waals surface area contributed by atoms with Crippen LogP contribution in [0.2, 0.25) is 0 Å². The third-order valence-electron chi connectivity index (χ3n) is 3.75. The van der Waals surface area contributed by atoms with Crippen molar-refractivity contribution in [1.29, 1.82) is 5.26 Å². The van der Waals surface area contributed by atoms with E-state index in [1.807, 2.05) is 17.0 Å². The summed E-state index contributed by atoms with van der Waals surface area (Å²) >= 11 is 0. The third-order valence-corrected chi connectivity index (χ3v) is 3.75. The smallest absolute Gasteiger partial charge is 0.212 e. The van der Waals surface area contributed by atoms with E-state index in [2.05, 4.69) is 30.7 Å². The monoisotopic (exact) mass is 259 g/mol. The van der Waals surface area contributed by atoms with Gasteiger partial charge in [-0.1, -0.05) is 20.8 Å². The first-order valence-corrected chi connectivity index (χ1v) is 6.57. The average Bonchev–Trinajstić information content (AvgIpc) is 2.46. The Balaban J connectivity index is 3.36. The molecule has 19 heavy (non-hydrogen) atoms. The van der Waals surface area contributed by atoms with Gasteiger partial charge in [0.15, 0.2) is 0 Å². The van der Waals surface area contributed by atoms with E-state index in [-0.39, 0.29) is 11.5 Å². The molecular weight excluding hydrogens is 238 g/mol. The quantitative estimate of drug-likeness (QED) is 0.501. The van der Waals surface area contributed by atoms with Crippen LogP contribution in [0.25, 0.3) is 0 Å². The van der Waals surface area contributed by atoms with Crippen molar-refractivity contribution in [3.05, 3.63) is 24.5 Å². The lowest BCUT2D eigenvalue weighted by atomic mass is 9.87. The number of nitrogens with zero attached hydrogens (tertiary/aromatic N) is 4. The molecule has 0 saturated carbocycles. The fourth-order valence-corrected chi connectivity index (χ4v) is 2.46. The maximum absolute atomic E-state index is 8.76. The van der Waals surface area contributed by atoms with Crippen molar-refractivity contribution >= 4 is 11.6 Å². The van der Waals surface area contributed by atoms with Gasteiger partial charge in [0, 0.05) is 11.7 Å². The topological polar surface area (TPSA) is 78.3 Å². The van der Waals surface area contributed by atoms with Crippen LogP contribution in [0.3, 0.4) is 0 Å². The van der Waals surface area contributed by atoms with E-state index in [1.54, 1.807) is 18.6 Å². The van der Waals surface area contributed by atoms with Gasteiger partial charge in [0.2, 0.25) is 12.2 Å². The van der Waals surface area contributed by atoms with E-state index in [0.29, 0.717) is 0 Å². The first-order valence-electron chi connectivity index (χ1n) is 6.57. The number of rotatable bonds is 5. The lowest BCUT2D eigenvalue weighted by Gasteiger charge is -2.43. The van der Waals surface area contributed by atoms with Crippen LogP contribution in [0, 0.1) is 11.5 Å². The molecule has 0 spiro atoms. The lowest BCUT2D eigenvalue weighted by molar-refractivity contribution is 0.380. The van der Waals surface area contributed by atoms with Crippen molar-refractivity contribution in [3.63, 3.8) is 0 Å². The van der Waals surface area contributed by atoms with Crippen LogP contribution in [0.15, 0.2) is 29.5 Å². The summed E-state index contributed by atoms with van der Waals surface area (Å²) < 4.78 is 0. The van der Waals surface area contributed by atoms with Gasteiger partial charge in [-0.25, -0.2) is 0 Å². The Kier molecular flexibility index (Phi) is 5.31. The number of nitriles is 1. The zero-order valence-electron chi connectivity index (χ0n) is 11.8. The zero-order chi connectivity index (χ0) is 14.3. The van der Waals surface area contributed by atoms with Gasteiger partial charge in [-0.15, -0.1) is 4.99 Å². The molecule has 0 unspecified atom stereocenters. The van der Waals surface area contributed by atoms with Crippen LogP contribution >= 0.6 is 0 Å². The molecule has 0 fully saturated rings. The van der Waals surface area contributed by atoms with Gasteiger partial charge in [0.1, 0.15) is 0 Å². The molecule has 1 aromatic rings. The predicted octanol–water partition coefficient (Wildman–Crippen LogP) is 2.65. The number of anilines is 1. The second kappa shape index (κ2) is 6.74. The molecule has 0 aliphatic heterocycles. The van der Waals surface area contributed by atoms with Crippen molar-refractivity contribution in [2.45, 2.75) is 45.6 Å². The predicted molar refractivity (Wildman–Crippen MR) is 77.6 cm³/mol. The van der Waals surface area contributed by atoms with Gasteiger partial charge in [-0.2, -0.15) is 5.26 Å². The van der Waals surface area contributed by atoms with Gasteiger partial charge < -0.3 is 10.6 Å². The Morgan fingerprint density at radius 2 is 2.05 bits per heavy atom. The minimum absolute atomic E-state index is 0.145. The highest BCUT2D eigenvalue weighted by Crippen LogP contribution is 2.32. The molecule has 5 heteroatoms. The van der Waals surface area contributed by atoms with Crippen LogP contribution in [-0.4, -0.2) is 16.5 Å². The largest absolute Gasteiger partial charge is 0.369 e. The van der Waals surface area contributed by atoms with Gasteiger partial charge >= 0.3 is 0 Å². The van der Waals surface area contributed by atoms with Crippen LogP contribution in [-0.2, 0) is 0 Å². The maximum atomic E-state index is 8.76. The fraction of sp³-hybridized carbons (Fsp3) is 0.500. The molecule has 1 heterocycles. The van der Waals surface area contributed by atoms with E-state index >= 15 is 0 Å². The second-order valence-electron chi connectivity index (χ2n) is 4.40. The summed E-state index contributed by atoms with van der Waals surface area (Å²) in [5.74, 6) is 0.223. The van der Waals surface area contributed by atoms with Crippen LogP contribution in [0.4, 0.5) is 5.69 Å². The van der Waals surface area contributed by atoms with E-state index in [0.717, 1.165) is 24.9 Å². The molecule has 0 saturated heterocycles. The molecule has 0 bridgehead atoms. The van der Waals surface area contributed by atoms with Crippen LogP contribution in [0.5, 0.6) is 0 Å². The highest BCUT2D eigenvalue weighted by Gasteiger charge is 2.34. The van der Waals surface area contributed by atoms with Crippen LogP contribution < -0.4 is 10.6 Å². The van der Waals surface area contributed by atoms with E-state index < -0.39 is 0 Å². The Morgan fingerprint density at radius 3 is 2.47 bits per heavy atom. The summed E-state index contributed by atoms with van der Waals surface area (Å²) in [6.07, 6.45) is 7.96. The van der Waals surface area contributed by atoms with Gasteiger partial charge in [0.25, 0.3) is 0 Å². The van der Waals surface area contributed by atoms with Crippen molar-refractivity contribution in [2.24, 2.45) is 10.7 Å². The molecule has 0 radical (unpaired) electrons. The minimum atomic E-state index is -0.145. The SMILES string of the molecule is CCC(CC)(CC)N(C(N)=NC#N)c1cccnc1. The number of hydrogen-bond acceptors (Lipinski definition) is 3. The summed E-state index contributed by atoms with van der Waals surface area (Å²) in [6, 6.07) is 3.79. The first kappa shape index (κ1) is 15.0. The number of hydrogen-bond donors (Lipinski definition) is 1. The highest BCUT2D eigenvalue weighted by atomic mass is 15.3. The van der Waals surface area contributed by atoms with Crippen molar-refractivity contribution < 1.29 is 0 Å². The maximum Gasteiger partial charge on any atom is 0.212 e. The Bertz CT molecular complexity index is 448. The molecule has 0 amide bonds. The summed E-state index contributed by atoms with van der Waals surface area (Å²) in [7, 11) is 0. The third kappa shape index (κ3) is 3.02. The summed E-state index contributed by atoms with van der Waals surface area (Å²) in [6.45, 7) is 6.36. The molecule has 0 aliphatic rings. The van der Waals surface area contributed by atoms with Crippen LogP contribution in [0.1, 0.15) is 40.0 Å². The zero-order valence-corrected chi connectivity index (χ0v) is 11.8. The first-order chi connectivity index (χ1) is 9.15. The molecule has 0 aromatic carbocycles. The highest BCUT2D eigenvalue weighted by molar-refractivity contribution is 5.96.